The number of nitrogens with one attached hydrogen (secondary N) is 3. The van der Waals surface area contributed by atoms with Crippen molar-refractivity contribution in [1.82, 2.24) is 59.1 Å². The smallest absolute Gasteiger partial charge is 0.259 e. The highest BCUT2D eigenvalue weighted by molar-refractivity contribution is 7.90. The number of hydrogen-bond acceptors (Lipinski definition) is 20. The van der Waals surface area contributed by atoms with Crippen molar-refractivity contribution in [1.29, 1.82) is 0 Å². The van der Waals surface area contributed by atoms with Gasteiger partial charge in [0.05, 0.1) is 37.0 Å². The molecule has 10 rings (SSSR count). The van der Waals surface area contributed by atoms with Crippen LogP contribution in [0.15, 0.2) is 148 Å². The number of furan rings is 2. The van der Waals surface area contributed by atoms with Crippen molar-refractivity contribution in [2.45, 2.75) is 31.1 Å². The molecule has 0 aliphatic heterocycles. The molecule has 0 saturated heterocycles. The quantitative estimate of drug-likeness (QED) is 0.0789. The summed E-state index contributed by atoms with van der Waals surface area (Å²) in [6.45, 7) is 2.78. The van der Waals surface area contributed by atoms with Crippen LogP contribution >= 0.6 is 0 Å². The van der Waals surface area contributed by atoms with Crippen LogP contribution in [0.5, 0.6) is 0 Å². The summed E-state index contributed by atoms with van der Waals surface area (Å²) >= 11 is 0. The van der Waals surface area contributed by atoms with Gasteiger partial charge in [0.25, 0.3) is 16.7 Å². The van der Waals surface area contributed by atoms with Gasteiger partial charge in [-0.05, 0) is 103 Å². The number of nitrogen functional groups attached to an aromatic ring is 2. The Morgan fingerprint density at radius 2 is 1.09 bits per heavy atom. The fraction of sp³-hybridized carbons (Fsp3) is 0.156. The lowest BCUT2D eigenvalue weighted by atomic mass is 10.1. The molecule has 0 bridgehead atoms. The van der Waals surface area contributed by atoms with E-state index in [1.807, 2.05) is 36.4 Å². The lowest BCUT2D eigenvalue weighted by Crippen LogP contribution is -2.12. The first-order valence-electron chi connectivity index (χ1n) is 21.1. The topological polar surface area (TPSA) is 312 Å². The lowest BCUT2D eigenvalue weighted by molar-refractivity contribution is 0.577. The SMILES string of the molecule is CS(=O)(=O)c1nc(N)n2nc(-c3ccco3)nc2n1.NCCc1ccc(NCc2ccccn2)cc1.Nc1nc(NCCc2ccc(NCc3ccccn3)cc2)nc2nc(-c3ccco3)nn12. The fourth-order valence-corrected chi connectivity index (χ4v) is 6.82. The minimum Gasteiger partial charge on any atom is -0.461 e. The minimum absolute atomic E-state index is 0.0410. The van der Waals surface area contributed by atoms with Gasteiger partial charge in [0, 0.05) is 36.6 Å². The summed E-state index contributed by atoms with van der Waals surface area (Å²) in [4.78, 5) is 33.1. The van der Waals surface area contributed by atoms with Gasteiger partial charge in [0.1, 0.15) is 0 Å². The molecule has 0 amide bonds. The van der Waals surface area contributed by atoms with E-state index in [1.165, 1.54) is 21.9 Å². The van der Waals surface area contributed by atoms with Crippen molar-refractivity contribution in [3.05, 3.63) is 157 Å². The molecule has 8 heterocycles. The minimum atomic E-state index is -3.57. The van der Waals surface area contributed by atoms with Gasteiger partial charge in [-0.3, -0.25) is 9.97 Å². The van der Waals surface area contributed by atoms with Gasteiger partial charge < -0.3 is 42.0 Å². The Morgan fingerprint density at radius 1 is 0.574 bits per heavy atom. The Bertz CT molecular complexity index is 3260. The maximum absolute atomic E-state index is 11.4. The molecule has 9 N–H and O–H groups in total. The molecule has 0 atom stereocenters. The molecule has 346 valence electrons. The molecular weight excluding hydrogens is 889 g/mol. The van der Waals surface area contributed by atoms with Crippen LogP contribution in [-0.4, -0.2) is 86.9 Å². The van der Waals surface area contributed by atoms with E-state index in [9.17, 15) is 8.42 Å². The van der Waals surface area contributed by atoms with Crippen LogP contribution in [0, 0.1) is 0 Å². The van der Waals surface area contributed by atoms with Crippen LogP contribution in [0.3, 0.4) is 0 Å². The van der Waals surface area contributed by atoms with E-state index in [1.54, 1.807) is 42.9 Å². The molecule has 23 heteroatoms. The van der Waals surface area contributed by atoms with Gasteiger partial charge in [-0.25, -0.2) is 8.42 Å². The van der Waals surface area contributed by atoms with Crippen molar-refractivity contribution in [2.24, 2.45) is 5.73 Å². The number of nitrogens with zero attached hydrogens (tertiary/aromatic N) is 12. The van der Waals surface area contributed by atoms with E-state index in [4.69, 9.17) is 26.0 Å². The lowest BCUT2D eigenvalue weighted by Gasteiger charge is -2.08. The molecule has 22 nitrogen and oxygen atoms in total. The molecule has 0 spiro atoms. The van der Waals surface area contributed by atoms with E-state index in [0.717, 1.165) is 52.9 Å². The molecule has 0 radical (unpaired) electrons. The van der Waals surface area contributed by atoms with Crippen LogP contribution in [0.25, 0.3) is 34.7 Å². The zero-order valence-corrected chi connectivity index (χ0v) is 37.4. The zero-order valence-electron chi connectivity index (χ0n) is 36.6. The summed E-state index contributed by atoms with van der Waals surface area (Å²) < 4.78 is 35.8. The van der Waals surface area contributed by atoms with Gasteiger partial charge in [-0.15, -0.1) is 10.2 Å². The number of nitrogens with two attached hydrogens (primary N) is 3. The summed E-state index contributed by atoms with van der Waals surface area (Å²) in [6.07, 6.45) is 9.36. The highest BCUT2D eigenvalue weighted by atomic mass is 32.2. The van der Waals surface area contributed by atoms with Crippen molar-refractivity contribution >= 4 is 50.6 Å². The maximum atomic E-state index is 11.4. The van der Waals surface area contributed by atoms with Crippen LogP contribution in [0.2, 0.25) is 0 Å². The number of sulfone groups is 1. The third-order valence-corrected chi connectivity index (χ3v) is 10.5. The third kappa shape index (κ3) is 12.1. The van der Waals surface area contributed by atoms with Gasteiger partial charge >= 0.3 is 0 Å². The molecule has 0 aliphatic carbocycles. The molecule has 0 fully saturated rings. The van der Waals surface area contributed by atoms with E-state index in [-0.39, 0.29) is 23.5 Å². The van der Waals surface area contributed by atoms with Crippen molar-refractivity contribution in [3.63, 3.8) is 0 Å². The van der Waals surface area contributed by atoms with E-state index >= 15 is 0 Å². The highest BCUT2D eigenvalue weighted by Gasteiger charge is 2.19. The molecule has 10 aromatic rings. The van der Waals surface area contributed by atoms with E-state index < -0.39 is 15.0 Å². The van der Waals surface area contributed by atoms with E-state index in [2.05, 4.69) is 115 Å². The summed E-state index contributed by atoms with van der Waals surface area (Å²) in [5.74, 6) is 2.51. The number of aromatic nitrogens is 12. The summed E-state index contributed by atoms with van der Waals surface area (Å²) in [6, 6.07) is 35.4. The van der Waals surface area contributed by atoms with Crippen LogP contribution in [-0.2, 0) is 35.8 Å². The van der Waals surface area contributed by atoms with Crippen LogP contribution in [0.4, 0.5) is 29.2 Å². The fourth-order valence-electron chi connectivity index (χ4n) is 6.31. The summed E-state index contributed by atoms with van der Waals surface area (Å²) in [5.41, 5.74) is 23.8. The zero-order chi connectivity index (χ0) is 47.3. The second-order valence-corrected chi connectivity index (χ2v) is 16.7. The Labute approximate surface area is 389 Å². The first-order valence-corrected chi connectivity index (χ1v) is 22.9. The van der Waals surface area contributed by atoms with Gasteiger partial charge in [0.2, 0.25) is 39.3 Å². The average Bonchev–Trinajstić information content (AvgIpc) is 4.20. The summed E-state index contributed by atoms with van der Waals surface area (Å²) in [7, 11) is -3.57. The van der Waals surface area contributed by atoms with Gasteiger partial charge in [-0.2, -0.15) is 38.9 Å². The maximum Gasteiger partial charge on any atom is 0.259 e. The molecule has 68 heavy (non-hydrogen) atoms. The number of fused-ring (bicyclic) bond motifs is 2. The van der Waals surface area contributed by atoms with Gasteiger partial charge in [0.15, 0.2) is 11.5 Å². The largest absolute Gasteiger partial charge is 0.461 e. The number of benzene rings is 2. The Hall–Kier alpha value is -8.83. The first-order chi connectivity index (χ1) is 33.1. The Kier molecular flexibility index (Phi) is 14.4. The van der Waals surface area contributed by atoms with Crippen LogP contribution in [0.1, 0.15) is 22.5 Å². The molecule has 2 aromatic carbocycles. The van der Waals surface area contributed by atoms with Gasteiger partial charge in [-0.1, -0.05) is 36.4 Å². The number of pyridine rings is 2. The highest BCUT2D eigenvalue weighted by Crippen LogP contribution is 2.20. The van der Waals surface area contributed by atoms with Crippen molar-refractivity contribution < 1.29 is 17.3 Å². The Morgan fingerprint density at radius 3 is 1.56 bits per heavy atom. The first kappa shape index (κ1) is 45.7. The molecule has 0 saturated carbocycles. The number of rotatable bonds is 15. The predicted octanol–water partition coefficient (Wildman–Crippen LogP) is 4.98. The number of hydrogen-bond donors (Lipinski definition) is 6. The van der Waals surface area contributed by atoms with Crippen molar-refractivity contribution in [3.8, 4) is 23.2 Å². The van der Waals surface area contributed by atoms with Crippen molar-refractivity contribution in [2.75, 3.05) is 46.8 Å². The molecule has 0 aliphatic rings. The summed E-state index contributed by atoms with van der Waals surface area (Å²) in [5, 5.41) is 17.9. The standard InChI is InChI=1S/C22H21N9O.C14H17N3.C9H8N6O3S/c23-20-28-21(29-22-27-19(30-31(20)22)18-5-3-13-32-18)25-12-10-15-6-8-16(9-7-15)26-14-17-4-1-2-11-24-17;15-9-8-12-4-6-13(7-5-12)17-11-14-3-1-2-10-16-14;1-19(16,17)9-12-7(10)15-8(13-9)11-6(14-15)5-3-2-4-18-5/h1-9,11,13,26H,10,12,14H2,(H3,23,25,27,28,29,30);1-7,10,17H,8-9,11,15H2;2-4H,1H3,(H2,10,11,12,13,14). The number of anilines is 5. The average molecular weight is 935 g/mol. The molecule has 8 aromatic heterocycles. The second-order valence-electron chi connectivity index (χ2n) is 14.7. The predicted molar refractivity (Wildman–Crippen MR) is 255 cm³/mol. The van der Waals surface area contributed by atoms with Crippen LogP contribution < -0.4 is 33.2 Å². The molecule has 0 unspecified atom stereocenters. The monoisotopic (exact) mass is 934 g/mol. The van der Waals surface area contributed by atoms with E-state index in [0.29, 0.717) is 48.7 Å². The normalized spacial score (nSPS) is 11.1. The Balaban J connectivity index is 0.000000148. The molecular formula is C45H46N18O4S. The second kappa shape index (κ2) is 21.4. The third-order valence-electron chi connectivity index (χ3n) is 9.70.